The van der Waals surface area contributed by atoms with Gasteiger partial charge in [-0.05, 0) is 35.4 Å². The van der Waals surface area contributed by atoms with E-state index in [1.807, 2.05) is 54.6 Å². The van der Waals surface area contributed by atoms with Gasteiger partial charge in [-0.3, -0.25) is 0 Å². The van der Waals surface area contributed by atoms with Crippen molar-refractivity contribution in [1.29, 1.82) is 0 Å². The molecule has 0 fully saturated rings. The normalized spacial score (nSPS) is 12.2. The van der Waals surface area contributed by atoms with E-state index in [0.29, 0.717) is 6.54 Å². The molecule has 1 N–H and O–H groups in total. The molecule has 0 atom stereocenters. The molecule has 5 aromatic rings. The quantitative estimate of drug-likeness (QED) is 0.411. The van der Waals surface area contributed by atoms with Gasteiger partial charge < -0.3 is 19.4 Å². The highest BCUT2D eigenvalue weighted by atomic mass is 16.7. The molecule has 0 spiro atoms. The van der Waals surface area contributed by atoms with E-state index < -0.39 is 0 Å². The summed E-state index contributed by atoms with van der Waals surface area (Å²) < 4.78 is 13.0. The number of hydrogen-bond acceptors (Lipinski definition) is 5. The lowest BCUT2D eigenvalue weighted by molar-refractivity contribution is 0.174. The van der Waals surface area contributed by atoms with Crippen LogP contribution in [0, 0.1) is 0 Å². The zero-order valence-electron chi connectivity index (χ0n) is 17.2. The van der Waals surface area contributed by atoms with Gasteiger partial charge in [0.05, 0.1) is 5.39 Å². The van der Waals surface area contributed by atoms with Gasteiger partial charge in [0.1, 0.15) is 12.1 Å². The SMILES string of the molecule is c1ccc(-c2cn(-c3ccccc3)c3ncnc(NCc4ccc5c(c4)OCO5)c23)cc1. The number of benzene rings is 3. The number of nitrogens with one attached hydrogen (secondary N) is 1. The Hall–Kier alpha value is -4.32. The van der Waals surface area contributed by atoms with Crippen LogP contribution in [0.1, 0.15) is 5.56 Å². The fourth-order valence-corrected chi connectivity index (χ4v) is 4.05. The van der Waals surface area contributed by atoms with Gasteiger partial charge in [0, 0.05) is 24.0 Å². The minimum Gasteiger partial charge on any atom is -0.454 e. The Morgan fingerprint density at radius 3 is 2.47 bits per heavy atom. The largest absolute Gasteiger partial charge is 0.454 e. The minimum atomic E-state index is 0.270. The van der Waals surface area contributed by atoms with Crippen LogP contribution in [0.3, 0.4) is 0 Å². The molecule has 0 aliphatic carbocycles. The molecule has 2 aromatic heterocycles. The third-order valence-electron chi connectivity index (χ3n) is 5.60. The molecule has 1 aliphatic rings. The molecule has 0 bridgehead atoms. The van der Waals surface area contributed by atoms with Crippen molar-refractivity contribution in [3.63, 3.8) is 0 Å². The summed E-state index contributed by atoms with van der Waals surface area (Å²) in [5, 5.41) is 4.50. The highest BCUT2D eigenvalue weighted by molar-refractivity contribution is 6.02. The molecule has 6 nitrogen and oxygen atoms in total. The standard InChI is InChI=1S/C26H20N4O2/c1-3-7-19(8-4-1)21-15-30(20-9-5-2-6-10-20)26-24(21)25(28-16-29-26)27-14-18-11-12-22-23(13-18)32-17-31-22/h1-13,15-16H,14,17H2,(H,27,28,29). The van der Waals surface area contributed by atoms with Gasteiger partial charge in [0.2, 0.25) is 6.79 Å². The molecule has 6 heteroatoms. The Balaban J connectivity index is 1.45. The average Bonchev–Trinajstić information content (AvgIpc) is 3.48. The Bertz CT molecular complexity index is 1400. The molecule has 3 aromatic carbocycles. The zero-order chi connectivity index (χ0) is 21.3. The summed E-state index contributed by atoms with van der Waals surface area (Å²) in [6.07, 6.45) is 3.74. The molecule has 156 valence electrons. The maximum atomic E-state index is 5.51. The van der Waals surface area contributed by atoms with Crippen LogP contribution in [0.25, 0.3) is 27.8 Å². The third-order valence-corrected chi connectivity index (χ3v) is 5.60. The molecule has 6 rings (SSSR count). The Kier molecular flexibility index (Phi) is 4.46. The lowest BCUT2D eigenvalue weighted by Gasteiger charge is -2.09. The van der Waals surface area contributed by atoms with Crippen molar-refractivity contribution in [2.75, 3.05) is 12.1 Å². The van der Waals surface area contributed by atoms with Crippen molar-refractivity contribution < 1.29 is 9.47 Å². The number of anilines is 1. The maximum absolute atomic E-state index is 5.51. The monoisotopic (exact) mass is 420 g/mol. The molecule has 0 amide bonds. The molecule has 0 radical (unpaired) electrons. The van der Waals surface area contributed by atoms with Crippen molar-refractivity contribution >= 4 is 16.9 Å². The van der Waals surface area contributed by atoms with Gasteiger partial charge in [-0.1, -0.05) is 54.6 Å². The van der Waals surface area contributed by atoms with E-state index in [-0.39, 0.29) is 6.79 Å². The predicted octanol–water partition coefficient (Wildman–Crippen LogP) is 5.43. The lowest BCUT2D eigenvalue weighted by Crippen LogP contribution is -2.03. The Labute approximate surface area is 185 Å². The maximum Gasteiger partial charge on any atom is 0.231 e. The van der Waals surface area contributed by atoms with Gasteiger partial charge in [-0.25, -0.2) is 9.97 Å². The second-order valence-corrected chi connectivity index (χ2v) is 7.58. The number of hydrogen-bond donors (Lipinski definition) is 1. The van der Waals surface area contributed by atoms with E-state index in [1.165, 1.54) is 0 Å². The molecule has 0 saturated heterocycles. The van der Waals surface area contributed by atoms with Gasteiger partial charge in [0.15, 0.2) is 17.1 Å². The molecule has 0 unspecified atom stereocenters. The fraction of sp³-hybridized carbons (Fsp3) is 0.0769. The van der Waals surface area contributed by atoms with Gasteiger partial charge in [-0.15, -0.1) is 0 Å². The first-order valence-electron chi connectivity index (χ1n) is 10.5. The summed E-state index contributed by atoms with van der Waals surface area (Å²) in [5.74, 6) is 2.35. The van der Waals surface area contributed by atoms with E-state index in [4.69, 9.17) is 9.47 Å². The average molecular weight is 420 g/mol. The topological polar surface area (TPSA) is 61.2 Å². The van der Waals surface area contributed by atoms with E-state index in [9.17, 15) is 0 Å². The van der Waals surface area contributed by atoms with E-state index >= 15 is 0 Å². The van der Waals surface area contributed by atoms with Crippen molar-refractivity contribution in [1.82, 2.24) is 14.5 Å². The van der Waals surface area contributed by atoms with Crippen molar-refractivity contribution in [3.05, 3.63) is 97.0 Å². The van der Waals surface area contributed by atoms with Crippen molar-refractivity contribution in [2.24, 2.45) is 0 Å². The highest BCUT2D eigenvalue weighted by Gasteiger charge is 2.18. The van der Waals surface area contributed by atoms with Crippen molar-refractivity contribution in [2.45, 2.75) is 6.54 Å². The molecular formula is C26H20N4O2. The summed E-state index contributed by atoms with van der Waals surface area (Å²) >= 11 is 0. The number of rotatable bonds is 5. The van der Waals surface area contributed by atoms with Crippen LogP contribution < -0.4 is 14.8 Å². The second-order valence-electron chi connectivity index (χ2n) is 7.58. The van der Waals surface area contributed by atoms with Crippen molar-refractivity contribution in [3.8, 4) is 28.3 Å². The summed E-state index contributed by atoms with van der Waals surface area (Å²) in [4.78, 5) is 9.24. The number of para-hydroxylation sites is 1. The lowest BCUT2D eigenvalue weighted by atomic mass is 10.1. The van der Waals surface area contributed by atoms with Crippen LogP contribution in [0.5, 0.6) is 11.5 Å². The van der Waals surface area contributed by atoms with Crippen LogP contribution in [0.15, 0.2) is 91.4 Å². The smallest absolute Gasteiger partial charge is 0.231 e. The number of nitrogens with zero attached hydrogens (tertiary/aromatic N) is 3. The first-order valence-corrected chi connectivity index (χ1v) is 10.5. The summed E-state index contributed by atoms with van der Waals surface area (Å²) in [7, 11) is 0. The van der Waals surface area contributed by atoms with Crippen LogP contribution in [0.4, 0.5) is 5.82 Å². The number of ether oxygens (including phenoxy) is 2. The first-order chi connectivity index (χ1) is 15.9. The second kappa shape index (κ2) is 7.74. The van der Waals surface area contributed by atoms with Gasteiger partial charge >= 0.3 is 0 Å². The third kappa shape index (κ3) is 3.22. The predicted molar refractivity (Wildman–Crippen MR) is 124 cm³/mol. The van der Waals surface area contributed by atoms with E-state index in [1.54, 1.807) is 6.33 Å². The molecule has 0 saturated carbocycles. The highest BCUT2D eigenvalue weighted by Crippen LogP contribution is 2.36. The van der Waals surface area contributed by atoms with E-state index in [2.05, 4.69) is 50.3 Å². The van der Waals surface area contributed by atoms with E-state index in [0.717, 1.165) is 50.7 Å². The number of aromatic nitrogens is 3. The van der Waals surface area contributed by atoms with Crippen LogP contribution in [0.2, 0.25) is 0 Å². The molecule has 32 heavy (non-hydrogen) atoms. The fourth-order valence-electron chi connectivity index (χ4n) is 4.05. The van der Waals surface area contributed by atoms with Crippen LogP contribution in [-0.4, -0.2) is 21.3 Å². The molecule has 1 aliphatic heterocycles. The van der Waals surface area contributed by atoms with Crippen LogP contribution >= 0.6 is 0 Å². The first kappa shape index (κ1) is 18.4. The summed E-state index contributed by atoms with van der Waals surface area (Å²) in [5.41, 5.74) is 5.20. The number of fused-ring (bicyclic) bond motifs is 2. The van der Waals surface area contributed by atoms with Gasteiger partial charge in [0.25, 0.3) is 0 Å². The van der Waals surface area contributed by atoms with Crippen LogP contribution in [-0.2, 0) is 6.54 Å². The van der Waals surface area contributed by atoms with Gasteiger partial charge in [-0.2, -0.15) is 0 Å². The zero-order valence-corrected chi connectivity index (χ0v) is 17.2. The molecule has 3 heterocycles. The minimum absolute atomic E-state index is 0.270. The summed E-state index contributed by atoms with van der Waals surface area (Å²) in [6, 6.07) is 26.5. The molecular weight excluding hydrogens is 400 g/mol. The summed E-state index contributed by atoms with van der Waals surface area (Å²) in [6.45, 7) is 0.875. The Morgan fingerprint density at radius 1 is 0.844 bits per heavy atom. The Morgan fingerprint density at radius 2 is 1.62 bits per heavy atom.